The molecule has 0 fully saturated rings. The summed E-state index contributed by atoms with van der Waals surface area (Å²) < 4.78 is 5.24. The Morgan fingerprint density at radius 1 is 1.37 bits per heavy atom. The minimum atomic E-state index is -1.26. The van der Waals surface area contributed by atoms with Crippen LogP contribution < -0.4 is 5.32 Å². The maximum atomic E-state index is 12.5. The van der Waals surface area contributed by atoms with Crippen LogP contribution >= 0.6 is 0 Å². The summed E-state index contributed by atoms with van der Waals surface area (Å²) in [4.78, 5) is 40.9. The van der Waals surface area contributed by atoms with Crippen LogP contribution in [0.2, 0.25) is 0 Å². The number of hydrogen-bond acceptors (Lipinski definition) is 4. The van der Waals surface area contributed by atoms with Crippen LogP contribution in [0.3, 0.4) is 0 Å². The Labute approximate surface area is 154 Å². The molecule has 2 atom stereocenters. The molecule has 0 radical (unpaired) electrons. The van der Waals surface area contributed by atoms with E-state index >= 15 is 0 Å². The molecular formula is C18H20N4O5. The van der Waals surface area contributed by atoms with Crippen LogP contribution in [-0.4, -0.2) is 58.0 Å². The largest absolute Gasteiger partial charge is 0.480 e. The minimum absolute atomic E-state index is 0.130. The first-order valence-electron chi connectivity index (χ1n) is 8.27. The van der Waals surface area contributed by atoms with Crippen LogP contribution in [-0.2, 0) is 25.5 Å². The molecule has 142 valence electrons. The molecule has 27 heavy (non-hydrogen) atoms. The highest BCUT2D eigenvalue weighted by molar-refractivity contribution is 6.25. The number of aliphatic carboxylic acids is 1. The molecule has 1 heterocycles. The van der Waals surface area contributed by atoms with E-state index in [-0.39, 0.29) is 19.3 Å². The number of fused-ring (bicyclic) bond motifs is 1. The van der Waals surface area contributed by atoms with Crippen molar-refractivity contribution in [2.24, 2.45) is 0 Å². The molecule has 0 saturated carbocycles. The predicted octanol–water partition coefficient (Wildman–Crippen LogP) is 0.945. The van der Waals surface area contributed by atoms with Gasteiger partial charge >= 0.3 is 12.2 Å². The van der Waals surface area contributed by atoms with Crippen molar-refractivity contribution >= 4 is 34.8 Å². The standard InChI is InChI=1S/C18H20N4O5/c1-27-16(8-11-9-20-14-5-3-2-4-13(11)14)17(24)22-15(18(25)26)7-6-12(23)10-21-19/h2-5,9-10,15-16,20H,6-8H2,1H3,(H,22,24)(H,25,26)/t15-,16-/m0/s1. The zero-order valence-electron chi connectivity index (χ0n) is 14.7. The van der Waals surface area contributed by atoms with Crippen molar-refractivity contribution in [2.45, 2.75) is 31.4 Å². The van der Waals surface area contributed by atoms with E-state index in [1.807, 2.05) is 24.3 Å². The van der Waals surface area contributed by atoms with Gasteiger partial charge in [-0.15, -0.1) is 0 Å². The minimum Gasteiger partial charge on any atom is -0.480 e. The van der Waals surface area contributed by atoms with Gasteiger partial charge in [0, 0.05) is 37.1 Å². The first-order chi connectivity index (χ1) is 13.0. The van der Waals surface area contributed by atoms with E-state index in [0.717, 1.165) is 16.5 Å². The van der Waals surface area contributed by atoms with Gasteiger partial charge in [0.1, 0.15) is 12.1 Å². The molecule has 2 aromatic rings. The molecule has 0 spiro atoms. The number of methoxy groups -OCH3 is 1. The number of hydrogen-bond donors (Lipinski definition) is 3. The predicted molar refractivity (Wildman–Crippen MR) is 96.3 cm³/mol. The molecule has 1 aromatic carbocycles. The number of carbonyl (C=O) groups is 3. The monoisotopic (exact) mass is 372 g/mol. The second-order valence-corrected chi connectivity index (χ2v) is 5.94. The first kappa shape index (κ1) is 20.0. The fraction of sp³-hybridized carbons (Fsp3) is 0.333. The zero-order chi connectivity index (χ0) is 19.8. The van der Waals surface area contributed by atoms with Crippen LogP contribution in [0, 0.1) is 0 Å². The third kappa shape index (κ3) is 5.34. The van der Waals surface area contributed by atoms with Gasteiger partial charge < -0.3 is 25.7 Å². The van der Waals surface area contributed by atoms with E-state index in [9.17, 15) is 19.5 Å². The molecule has 0 aliphatic rings. The number of ether oxygens (including phenoxy) is 1. The third-order valence-corrected chi connectivity index (χ3v) is 4.15. The van der Waals surface area contributed by atoms with E-state index in [0.29, 0.717) is 6.21 Å². The number of rotatable bonds is 10. The number of para-hydroxylation sites is 1. The van der Waals surface area contributed by atoms with Gasteiger partial charge in [-0.1, -0.05) is 18.2 Å². The second kappa shape index (κ2) is 9.42. The molecule has 0 saturated heterocycles. The van der Waals surface area contributed by atoms with Crippen molar-refractivity contribution in [2.75, 3.05) is 7.11 Å². The summed E-state index contributed by atoms with van der Waals surface area (Å²) in [6, 6.07) is 6.35. The maximum absolute atomic E-state index is 12.5. The summed E-state index contributed by atoms with van der Waals surface area (Å²) in [7, 11) is 1.37. The van der Waals surface area contributed by atoms with Gasteiger partial charge in [0.2, 0.25) is 11.7 Å². The summed E-state index contributed by atoms with van der Waals surface area (Å²) >= 11 is 0. The Hall–Kier alpha value is -3.29. The van der Waals surface area contributed by atoms with Crippen molar-refractivity contribution in [1.82, 2.24) is 10.3 Å². The average Bonchev–Trinajstić information content (AvgIpc) is 3.05. The number of carboxylic acids is 1. The highest BCUT2D eigenvalue weighted by Crippen LogP contribution is 2.19. The van der Waals surface area contributed by atoms with Crippen LogP contribution in [0.15, 0.2) is 30.5 Å². The van der Waals surface area contributed by atoms with Gasteiger partial charge in [0.25, 0.3) is 0 Å². The first-order valence-corrected chi connectivity index (χ1v) is 8.27. The average molecular weight is 372 g/mol. The number of benzene rings is 1. The number of amides is 1. The topological polar surface area (TPSA) is 145 Å². The number of nitrogens with zero attached hydrogens (tertiary/aromatic N) is 2. The van der Waals surface area contributed by atoms with Crippen molar-refractivity contribution in [1.29, 1.82) is 0 Å². The second-order valence-electron chi connectivity index (χ2n) is 5.94. The molecule has 9 heteroatoms. The van der Waals surface area contributed by atoms with Crippen molar-refractivity contribution in [3.63, 3.8) is 0 Å². The number of carbonyl (C=O) groups excluding carboxylic acids is 2. The Bertz CT molecular complexity index is 885. The number of H-pyrrole nitrogens is 1. The van der Waals surface area contributed by atoms with Gasteiger partial charge in [-0.3, -0.25) is 9.59 Å². The highest BCUT2D eigenvalue weighted by atomic mass is 16.5. The van der Waals surface area contributed by atoms with Crippen molar-refractivity contribution in [3.8, 4) is 0 Å². The summed E-state index contributed by atoms with van der Waals surface area (Å²) in [5.74, 6) is -2.39. The Kier molecular flexibility index (Phi) is 6.99. The lowest BCUT2D eigenvalue weighted by Crippen LogP contribution is -2.46. The molecular weight excluding hydrogens is 352 g/mol. The maximum Gasteiger partial charge on any atom is 0.326 e. The number of aromatic nitrogens is 1. The van der Waals surface area contributed by atoms with E-state index in [1.54, 1.807) is 6.20 Å². The molecule has 0 bridgehead atoms. The van der Waals surface area contributed by atoms with Gasteiger partial charge in [-0.05, 0) is 18.1 Å². The zero-order valence-corrected chi connectivity index (χ0v) is 14.7. The van der Waals surface area contributed by atoms with Gasteiger partial charge in [-0.2, -0.15) is 4.79 Å². The SMILES string of the molecule is CO[C@@H](Cc1c[nH]c2ccccc12)C(=O)N[C@@H](CCC(=O)C=[N+]=[N-])C(=O)O. The Morgan fingerprint density at radius 2 is 2.11 bits per heavy atom. The molecule has 3 N–H and O–H groups in total. The Morgan fingerprint density at radius 3 is 2.78 bits per heavy atom. The van der Waals surface area contributed by atoms with Gasteiger partial charge in [0.15, 0.2) is 0 Å². The summed E-state index contributed by atoms with van der Waals surface area (Å²) in [5.41, 5.74) is 10.1. The summed E-state index contributed by atoms with van der Waals surface area (Å²) in [5, 5.41) is 12.6. The lowest BCUT2D eigenvalue weighted by molar-refractivity contribution is -0.144. The highest BCUT2D eigenvalue weighted by Gasteiger charge is 2.26. The lowest BCUT2D eigenvalue weighted by atomic mass is 10.0. The number of carboxylic acid groups (broad SMARTS) is 1. The smallest absolute Gasteiger partial charge is 0.326 e. The number of ketones is 1. The van der Waals surface area contributed by atoms with Gasteiger partial charge in [0.05, 0.1) is 0 Å². The molecule has 0 aliphatic carbocycles. The molecule has 1 amide bonds. The number of nitrogens with one attached hydrogen (secondary N) is 2. The molecule has 1 aromatic heterocycles. The fourth-order valence-corrected chi connectivity index (χ4v) is 2.72. The van der Waals surface area contributed by atoms with E-state index in [2.05, 4.69) is 15.1 Å². The molecule has 2 rings (SSSR count). The lowest BCUT2D eigenvalue weighted by Gasteiger charge is -2.19. The number of aromatic amines is 1. The van der Waals surface area contributed by atoms with Crippen LogP contribution in [0.25, 0.3) is 16.4 Å². The van der Waals surface area contributed by atoms with Crippen molar-refractivity contribution < 1.29 is 29.0 Å². The van der Waals surface area contributed by atoms with E-state index < -0.39 is 29.8 Å². The van der Waals surface area contributed by atoms with Crippen LogP contribution in [0.5, 0.6) is 0 Å². The number of Topliss-reactive ketones (excluding diaryl/α,β-unsaturated/α-hetero) is 1. The Balaban J connectivity index is 2.04. The molecule has 0 aliphatic heterocycles. The normalized spacial score (nSPS) is 12.8. The summed E-state index contributed by atoms with van der Waals surface area (Å²) in [6.07, 6.45) is 1.54. The molecule has 0 unspecified atom stereocenters. The molecule has 9 nitrogen and oxygen atoms in total. The van der Waals surface area contributed by atoms with Crippen LogP contribution in [0.4, 0.5) is 0 Å². The van der Waals surface area contributed by atoms with Crippen LogP contribution in [0.1, 0.15) is 18.4 Å². The van der Waals surface area contributed by atoms with Crippen molar-refractivity contribution in [3.05, 3.63) is 41.6 Å². The quantitative estimate of drug-likeness (QED) is 0.323. The third-order valence-electron chi connectivity index (χ3n) is 4.15. The van der Waals surface area contributed by atoms with Gasteiger partial charge in [-0.25, -0.2) is 4.79 Å². The summed E-state index contributed by atoms with van der Waals surface area (Å²) in [6.45, 7) is 0. The van der Waals surface area contributed by atoms with E-state index in [1.165, 1.54) is 7.11 Å². The van der Waals surface area contributed by atoms with E-state index in [4.69, 9.17) is 10.3 Å². The fourth-order valence-electron chi connectivity index (χ4n) is 2.72.